The molecule has 8 heterocycles. The van der Waals surface area contributed by atoms with Gasteiger partial charge in [0.15, 0.2) is 8.32 Å². The van der Waals surface area contributed by atoms with Gasteiger partial charge in [-0.05, 0) is 70.5 Å². The van der Waals surface area contributed by atoms with E-state index in [0.717, 1.165) is 16.9 Å². The van der Waals surface area contributed by atoms with Gasteiger partial charge in [0.2, 0.25) is 23.2 Å². The van der Waals surface area contributed by atoms with Crippen LogP contribution in [0.15, 0.2) is 90.2 Å². The van der Waals surface area contributed by atoms with Gasteiger partial charge >= 0.3 is 7.12 Å². The van der Waals surface area contributed by atoms with Crippen LogP contribution in [-0.2, 0) is 43.6 Å². The maximum atomic E-state index is 14.5. The molecule has 2 aliphatic heterocycles. The van der Waals surface area contributed by atoms with E-state index in [1.807, 2.05) is 6.07 Å². The summed E-state index contributed by atoms with van der Waals surface area (Å²) >= 11 is 3.37. The third-order valence-corrected chi connectivity index (χ3v) is 17.8. The Kier molecular flexibility index (Phi) is 15.8. The lowest BCUT2D eigenvalue weighted by Gasteiger charge is -2.36. The van der Waals surface area contributed by atoms with Gasteiger partial charge in [0.05, 0.1) is 49.6 Å². The van der Waals surface area contributed by atoms with Gasteiger partial charge in [0.1, 0.15) is 27.6 Å². The van der Waals surface area contributed by atoms with E-state index in [2.05, 4.69) is 100 Å². The number of imidazole rings is 2. The normalized spacial score (nSPS) is 12.6. The number of fused-ring (bicyclic) bond motifs is 4. The van der Waals surface area contributed by atoms with E-state index < -0.39 is 15.4 Å². The van der Waals surface area contributed by atoms with Crippen LogP contribution < -0.4 is 25.6 Å². The summed E-state index contributed by atoms with van der Waals surface area (Å²) in [6, 6.07) is 13.0. The first-order valence-electron chi connectivity index (χ1n) is 23.0. The van der Waals surface area contributed by atoms with Crippen molar-refractivity contribution in [3.8, 4) is 22.6 Å². The van der Waals surface area contributed by atoms with Crippen LogP contribution in [0.1, 0.15) is 54.4 Å². The number of hydrogen-bond acceptors (Lipinski definition) is 14. The van der Waals surface area contributed by atoms with Crippen LogP contribution in [0.5, 0.6) is 11.5 Å². The maximum absolute atomic E-state index is 14.5. The number of ether oxygens (including phenoxy) is 2. The molecule has 2 aromatic carbocycles. The maximum Gasteiger partial charge on any atom is 0.490 e. The lowest BCUT2D eigenvalue weighted by molar-refractivity contribution is 0.272. The Balaban J connectivity index is 0.000000152. The topological polar surface area (TPSA) is 207 Å². The fourth-order valence-corrected chi connectivity index (χ4v) is 9.20. The van der Waals surface area contributed by atoms with Gasteiger partial charge in [0.25, 0.3) is 11.6 Å². The van der Waals surface area contributed by atoms with E-state index in [-0.39, 0.29) is 48.0 Å². The molecular weight excluding hydrogens is 1020 g/mol. The average molecular weight is 1070 g/mol. The summed E-state index contributed by atoms with van der Waals surface area (Å²) in [5.41, 5.74) is 6.75. The van der Waals surface area contributed by atoms with Crippen molar-refractivity contribution in [2.24, 2.45) is 0 Å². The number of aliphatic hydroxyl groups is 1. The average Bonchev–Trinajstić information content (AvgIpc) is 4.23. The van der Waals surface area contributed by atoms with Crippen molar-refractivity contribution < 1.29 is 37.8 Å². The van der Waals surface area contributed by atoms with Crippen LogP contribution in [0.2, 0.25) is 18.1 Å². The number of aliphatic hydroxyl groups excluding tert-OH is 1. The number of aromatic nitrogens is 8. The summed E-state index contributed by atoms with van der Waals surface area (Å²) in [4.78, 5) is 32.5. The smallest absolute Gasteiger partial charge is 0.490 e. The molecule has 0 spiro atoms. The van der Waals surface area contributed by atoms with E-state index in [4.69, 9.17) is 27.0 Å². The predicted octanol–water partition coefficient (Wildman–Crippen LogP) is 8.53. The Bertz CT molecular complexity index is 3410. The molecule has 0 saturated carbocycles. The number of nitrogens with one attached hydrogen (secondary N) is 2. The van der Waals surface area contributed by atoms with Crippen molar-refractivity contribution in [1.29, 1.82) is 0 Å². The third kappa shape index (κ3) is 11.3. The molecule has 2 aliphatic rings. The standard InChI is InChI=1S/C22H17FN6O2.C16H11BrFN5O.C12H22BNO3Si/c1-24-20-11-29-21(28-20)16(13-3-2-7-25-18(13)12-30)10-27-22(29)26-9-15-14-6-8-31-19(14)5-4-17(15)23;1-19-14-8-23-15(22-14)11(17)7-21-16(23)20-6-10-9-4-5-24-13(9)3-2-12(10)18;1-12(2,3)18(4,5)17-9-11-10(13(15)16)7-6-8-14-11/h2-5,7,10-11,30H,6,8-9,12H2,(H,26,27);2-3,7-8H,4-6H2,(H,20,21);6-8,15-16H,9H2,1-5H3. The number of hydrogen-bond donors (Lipinski definition) is 5. The Morgan fingerprint density at radius 3 is 1.85 bits per heavy atom. The fourth-order valence-electron chi connectivity index (χ4n) is 7.89. The molecule has 18 nitrogen and oxygen atoms in total. The first-order chi connectivity index (χ1) is 35.0. The number of halogens is 3. The highest BCUT2D eigenvalue weighted by molar-refractivity contribution is 9.10. The quantitative estimate of drug-likeness (QED) is 0.0575. The van der Waals surface area contributed by atoms with Gasteiger partial charge in [-0.1, -0.05) is 56.0 Å². The molecule has 0 radical (unpaired) electrons. The minimum Gasteiger partial charge on any atom is -0.493 e. The molecule has 8 aromatic rings. The SMILES string of the molecule is CC(C)(C)[Si](C)(C)OCc1ncccc1B(O)O.[C-]#[N+]c1cn2c(NCc3c(F)ccc4c3CCO4)ncc(-c3cccnc3CO)c2n1.[C-]#[N+]c1cn2c(NCc3c(F)ccc4c3CCO4)ncc(Br)c2n1. The molecule has 374 valence electrons. The second-order valence-corrected chi connectivity index (χ2v) is 23.9. The molecule has 0 bridgehead atoms. The molecule has 0 atom stereocenters. The van der Waals surface area contributed by atoms with Gasteiger partial charge in [-0.15, -0.1) is 0 Å². The van der Waals surface area contributed by atoms with Crippen molar-refractivity contribution in [2.45, 2.75) is 78.0 Å². The Labute approximate surface area is 429 Å². The van der Waals surface area contributed by atoms with Crippen LogP contribution in [0.25, 0.3) is 32.1 Å². The summed E-state index contributed by atoms with van der Waals surface area (Å²) in [5.74, 6) is 2.25. The first-order valence-corrected chi connectivity index (χ1v) is 26.7. The summed E-state index contributed by atoms with van der Waals surface area (Å²) in [5, 5.41) is 34.6. The fraction of sp³-hybridized carbons (Fsp3) is 0.280. The lowest BCUT2D eigenvalue weighted by atomic mass is 9.79. The monoisotopic (exact) mass is 1070 g/mol. The third-order valence-electron chi connectivity index (χ3n) is 12.8. The van der Waals surface area contributed by atoms with E-state index >= 15 is 0 Å². The van der Waals surface area contributed by atoms with Crippen molar-refractivity contribution in [3.05, 3.63) is 158 Å². The zero-order chi connectivity index (χ0) is 52.0. The number of rotatable bonds is 12. The van der Waals surface area contributed by atoms with Gasteiger partial charge in [0, 0.05) is 90.2 Å². The van der Waals surface area contributed by atoms with Crippen LogP contribution >= 0.6 is 15.9 Å². The van der Waals surface area contributed by atoms with Crippen LogP contribution in [0, 0.1) is 24.8 Å². The zero-order valence-corrected chi connectivity index (χ0v) is 43.1. The number of nitrogens with zero attached hydrogens (tertiary/aromatic N) is 10. The lowest BCUT2D eigenvalue weighted by Crippen LogP contribution is -2.42. The van der Waals surface area contributed by atoms with Crippen molar-refractivity contribution >= 4 is 71.7 Å². The van der Waals surface area contributed by atoms with Gasteiger partial charge < -0.3 is 49.4 Å². The number of anilines is 2. The summed E-state index contributed by atoms with van der Waals surface area (Å²) in [6.45, 7) is 26.9. The zero-order valence-electron chi connectivity index (χ0n) is 40.5. The van der Waals surface area contributed by atoms with Crippen molar-refractivity contribution in [1.82, 2.24) is 38.7 Å². The van der Waals surface area contributed by atoms with Crippen molar-refractivity contribution in [2.75, 3.05) is 23.8 Å². The Morgan fingerprint density at radius 1 is 0.767 bits per heavy atom. The minimum absolute atomic E-state index is 0.125. The Morgan fingerprint density at radius 2 is 1.30 bits per heavy atom. The molecule has 10 rings (SSSR count). The molecule has 5 N–H and O–H groups in total. The minimum atomic E-state index is -1.85. The van der Waals surface area contributed by atoms with Gasteiger partial charge in [-0.3, -0.25) is 18.8 Å². The molecular formula is C50H50BBrF2N12O6Si. The van der Waals surface area contributed by atoms with Gasteiger partial charge in [-0.2, -0.15) is 0 Å². The molecule has 73 heavy (non-hydrogen) atoms. The molecule has 23 heteroatoms. The molecule has 0 saturated heterocycles. The Hall–Kier alpha value is -7.38. The summed E-state index contributed by atoms with van der Waals surface area (Å²) < 4.78 is 49.8. The van der Waals surface area contributed by atoms with Crippen molar-refractivity contribution in [3.63, 3.8) is 0 Å². The molecule has 0 amide bonds. The molecule has 0 unspecified atom stereocenters. The highest BCUT2D eigenvalue weighted by Crippen LogP contribution is 2.37. The highest BCUT2D eigenvalue weighted by Gasteiger charge is 2.37. The van der Waals surface area contributed by atoms with Gasteiger partial charge in [-0.25, -0.2) is 18.7 Å². The van der Waals surface area contributed by atoms with Crippen LogP contribution in [0.3, 0.4) is 0 Å². The van der Waals surface area contributed by atoms with E-state index in [1.54, 1.807) is 76.3 Å². The second kappa shape index (κ2) is 22.2. The predicted molar refractivity (Wildman–Crippen MR) is 277 cm³/mol. The molecule has 6 aromatic heterocycles. The molecule has 0 aliphatic carbocycles. The highest BCUT2D eigenvalue weighted by atomic mass is 79.9. The van der Waals surface area contributed by atoms with Crippen LogP contribution in [0.4, 0.5) is 32.3 Å². The number of benzene rings is 2. The first kappa shape index (κ1) is 52.0. The second-order valence-electron chi connectivity index (χ2n) is 18.3. The van der Waals surface area contributed by atoms with E-state index in [9.17, 15) is 23.9 Å². The summed E-state index contributed by atoms with van der Waals surface area (Å²) in [6.07, 6.45) is 11.0. The largest absolute Gasteiger partial charge is 0.493 e. The van der Waals surface area contributed by atoms with E-state index in [0.29, 0.717) is 105 Å². The van der Waals surface area contributed by atoms with Crippen LogP contribution in [-0.4, -0.2) is 82.5 Å². The van der Waals surface area contributed by atoms with E-state index in [1.165, 1.54) is 12.1 Å². The molecule has 0 fully saturated rings. The summed E-state index contributed by atoms with van der Waals surface area (Å²) in [7, 11) is -3.35. The number of pyridine rings is 2.